The van der Waals surface area contributed by atoms with Crippen molar-refractivity contribution in [2.45, 2.75) is 18.7 Å². The Morgan fingerprint density at radius 3 is 2.43 bits per heavy atom. The number of aromatic nitrogens is 1. The molecule has 2 rings (SSSR count). The predicted molar refractivity (Wildman–Crippen MR) is 80.0 cm³/mol. The van der Waals surface area contributed by atoms with Gasteiger partial charge in [0.25, 0.3) is 10.0 Å². The molecule has 0 radical (unpaired) electrons. The Kier molecular flexibility index (Phi) is 4.13. The zero-order chi connectivity index (χ0) is 15.6. The smallest absolute Gasteiger partial charge is 0.264 e. The van der Waals surface area contributed by atoms with Crippen LogP contribution >= 0.6 is 0 Å². The van der Waals surface area contributed by atoms with Crippen molar-refractivity contribution in [2.24, 2.45) is 0 Å². The second-order valence-electron chi connectivity index (χ2n) is 4.49. The number of hydrogen-bond acceptors (Lipinski definition) is 4. The fraction of sp³-hybridized carbons (Fsp3) is 0.214. The molecule has 0 bridgehead atoms. The monoisotopic (exact) mass is 309 g/mol. The maximum Gasteiger partial charge on any atom is 0.264 e. The van der Waals surface area contributed by atoms with Gasteiger partial charge in [0, 0.05) is 30.2 Å². The van der Waals surface area contributed by atoms with E-state index in [1.165, 1.54) is 29.7 Å². The first-order chi connectivity index (χ1) is 9.87. The minimum Gasteiger partial charge on any atom is -0.398 e. The number of nitrogen functional groups attached to an aromatic ring is 1. The van der Waals surface area contributed by atoms with Crippen LogP contribution in [0.25, 0.3) is 0 Å². The van der Waals surface area contributed by atoms with E-state index >= 15 is 0 Å². The van der Waals surface area contributed by atoms with Gasteiger partial charge in [-0.2, -0.15) is 0 Å². The number of halogens is 1. The molecule has 0 atom stereocenters. The number of pyridine rings is 1. The molecule has 0 aliphatic rings. The molecule has 5 nitrogen and oxygen atoms in total. The lowest BCUT2D eigenvalue weighted by atomic mass is 10.2. The Bertz CT molecular complexity index is 725. The molecule has 0 saturated heterocycles. The zero-order valence-corrected chi connectivity index (χ0v) is 12.6. The molecule has 1 aromatic carbocycles. The first kappa shape index (κ1) is 15.2. The summed E-state index contributed by atoms with van der Waals surface area (Å²) in [4.78, 5) is 3.69. The van der Waals surface area contributed by atoms with Crippen molar-refractivity contribution in [3.8, 4) is 0 Å². The molecule has 0 spiro atoms. The highest BCUT2D eigenvalue weighted by atomic mass is 32.2. The van der Waals surface area contributed by atoms with E-state index in [9.17, 15) is 12.8 Å². The molecule has 0 amide bonds. The third-order valence-corrected chi connectivity index (χ3v) is 5.06. The summed E-state index contributed by atoms with van der Waals surface area (Å²) in [7, 11) is -3.88. The molecule has 2 aromatic rings. The van der Waals surface area contributed by atoms with E-state index in [1.54, 1.807) is 19.1 Å². The number of sulfonamides is 1. The van der Waals surface area contributed by atoms with Crippen LogP contribution in [0.2, 0.25) is 0 Å². The number of rotatable bonds is 4. The van der Waals surface area contributed by atoms with E-state index in [0.29, 0.717) is 5.69 Å². The Balaban J connectivity index is 2.55. The summed E-state index contributed by atoms with van der Waals surface area (Å²) in [5, 5.41) is 0. The molecule has 0 fully saturated rings. The summed E-state index contributed by atoms with van der Waals surface area (Å²) in [6.07, 6.45) is 3.00. The molecular weight excluding hydrogens is 293 g/mol. The van der Waals surface area contributed by atoms with Crippen molar-refractivity contribution >= 4 is 21.4 Å². The largest absolute Gasteiger partial charge is 0.398 e. The topological polar surface area (TPSA) is 76.3 Å². The number of benzene rings is 1. The third-order valence-electron chi connectivity index (χ3n) is 3.18. The van der Waals surface area contributed by atoms with Crippen molar-refractivity contribution in [1.29, 1.82) is 0 Å². The van der Waals surface area contributed by atoms with E-state index in [1.807, 2.05) is 0 Å². The van der Waals surface area contributed by atoms with Crippen molar-refractivity contribution in [1.82, 2.24) is 4.98 Å². The highest BCUT2D eigenvalue weighted by Gasteiger charge is 2.25. The van der Waals surface area contributed by atoms with Gasteiger partial charge < -0.3 is 5.73 Å². The number of hydrogen-bond donors (Lipinski definition) is 1. The molecule has 112 valence electrons. The molecule has 0 aliphatic heterocycles. The van der Waals surface area contributed by atoms with Crippen LogP contribution in [0.5, 0.6) is 0 Å². The third kappa shape index (κ3) is 2.82. The first-order valence-electron chi connectivity index (χ1n) is 6.36. The van der Waals surface area contributed by atoms with Gasteiger partial charge in [0.2, 0.25) is 0 Å². The second-order valence-corrected chi connectivity index (χ2v) is 6.36. The average Bonchev–Trinajstić information content (AvgIpc) is 2.45. The molecule has 1 aromatic heterocycles. The predicted octanol–water partition coefficient (Wildman–Crippen LogP) is 2.33. The molecule has 1 heterocycles. The Morgan fingerprint density at radius 2 is 1.90 bits per heavy atom. The number of nitrogens with two attached hydrogens (primary N) is 1. The molecule has 0 aliphatic carbocycles. The Hall–Kier alpha value is -2.15. The minimum atomic E-state index is -3.88. The van der Waals surface area contributed by atoms with Crippen molar-refractivity contribution in [3.05, 3.63) is 48.0 Å². The first-order valence-corrected chi connectivity index (χ1v) is 7.80. The van der Waals surface area contributed by atoms with E-state index in [2.05, 4.69) is 4.98 Å². The quantitative estimate of drug-likeness (QED) is 0.879. The molecule has 2 N–H and O–H groups in total. The molecular formula is C14H16FN3O2S. The SMILES string of the molecule is CCN(c1ccncc1)S(=O)(=O)c1cc(N)c(C)c(F)c1. The van der Waals surface area contributed by atoms with Crippen LogP contribution in [0.1, 0.15) is 12.5 Å². The van der Waals surface area contributed by atoms with Crippen LogP contribution in [0, 0.1) is 12.7 Å². The maximum atomic E-state index is 13.8. The van der Waals surface area contributed by atoms with Crippen LogP contribution in [0.15, 0.2) is 41.6 Å². The van der Waals surface area contributed by atoms with Crippen molar-refractivity contribution < 1.29 is 12.8 Å². The summed E-state index contributed by atoms with van der Waals surface area (Å²) in [6, 6.07) is 5.42. The highest BCUT2D eigenvalue weighted by molar-refractivity contribution is 7.92. The molecule has 0 saturated carbocycles. The van der Waals surface area contributed by atoms with Gasteiger partial charge in [-0.15, -0.1) is 0 Å². The van der Waals surface area contributed by atoms with Crippen LogP contribution in [0.3, 0.4) is 0 Å². The molecule has 7 heteroatoms. The fourth-order valence-corrected chi connectivity index (χ4v) is 3.47. The van der Waals surface area contributed by atoms with Crippen LogP contribution in [-0.4, -0.2) is 19.9 Å². The maximum absolute atomic E-state index is 13.8. The van der Waals surface area contributed by atoms with Crippen LogP contribution in [0.4, 0.5) is 15.8 Å². The van der Waals surface area contributed by atoms with E-state index in [-0.39, 0.29) is 22.7 Å². The van der Waals surface area contributed by atoms with E-state index in [0.717, 1.165) is 6.07 Å². The summed E-state index contributed by atoms with van der Waals surface area (Å²) < 4.78 is 40.3. The van der Waals surface area contributed by atoms with Gasteiger partial charge in [0.15, 0.2) is 0 Å². The zero-order valence-electron chi connectivity index (χ0n) is 11.7. The summed E-state index contributed by atoms with van der Waals surface area (Å²) in [5.41, 5.74) is 6.48. The summed E-state index contributed by atoms with van der Waals surface area (Å²) in [6.45, 7) is 3.41. The van der Waals surface area contributed by atoms with E-state index in [4.69, 9.17) is 5.73 Å². The van der Waals surface area contributed by atoms with Gasteiger partial charge in [0.1, 0.15) is 5.82 Å². The lowest BCUT2D eigenvalue weighted by molar-refractivity contribution is 0.586. The van der Waals surface area contributed by atoms with Crippen molar-refractivity contribution in [2.75, 3.05) is 16.6 Å². The van der Waals surface area contributed by atoms with Gasteiger partial charge in [-0.3, -0.25) is 9.29 Å². The number of nitrogens with zero attached hydrogens (tertiary/aromatic N) is 2. The van der Waals surface area contributed by atoms with Gasteiger partial charge >= 0.3 is 0 Å². The Morgan fingerprint density at radius 1 is 1.29 bits per heavy atom. The summed E-state index contributed by atoms with van der Waals surface area (Å²) in [5.74, 6) is -0.639. The van der Waals surface area contributed by atoms with Crippen molar-refractivity contribution in [3.63, 3.8) is 0 Å². The molecule has 0 unspecified atom stereocenters. The lowest BCUT2D eigenvalue weighted by Crippen LogP contribution is -2.31. The van der Waals surface area contributed by atoms with Gasteiger partial charge in [-0.1, -0.05) is 0 Å². The highest BCUT2D eigenvalue weighted by Crippen LogP contribution is 2.26. The Labute approximate surface area is 123 Å². The minimum absolute atomic E-state index is 0.111. The van der Waals surface area contributed by atoms with Crippen LogP contribution < -0.4 is 10.0 Å². The summed E-state index contributed by atoms with van der Waals surface area (Å²) >= 11 is 0. The fourth-order valence-electron chi connectivity index (χ4n) is 1.95. The normalized spacial score (nSPS) is 11.4. The lowest BCUT2D eigenvalue weighted by Gasteiger charge is -2.23. The van der Waals surface area contributed by atoms with Crippen LogP contribution in [-0.2, 0) is 10.0 Å². The number of anilines is 2. The van der Waals surface area contributed by atoms with E-state index < -0.39 is 15.8 Å². The van der Waals surface area contributed by atoms with Gasteiger partial charge in [0.05, 0.1) is 10.6 Å². The standard InChI is InChI=1S/C14H16FN3O2S/c1-3-18(11-4-6-17-7-5-11)21(19,20)12-8-13(15)10(2)14(16)9-12/h4-9H,3,16H2,1-2H3. The second kappa shape index (κ2) is 5.69. The van der Waals surface area contributed by atoms with Gasteiger partial charge in [-0.25, -0.2) is 12.8 Å². The van der Waals surface area contributed by atoms with Gasteiger partial charge in [-0.05, 0) is 38.1 Å². The molecule has 21 heavy (non-hydrogen) atoms. The average molecular weight is 309 g/mol.